The summed E-state index contributed by atoms with van der Waals surface area (Å²) in [5.41, 5.74) is 5.18. The molecule has 0 spiro atoms. The van der Waals surface area contributed by atoms with E-state index in [1.807, 2.05) is 73.1 Å². The fraction of sp³-hybridized carbons (Fsp3) is 0.261. The number of fused-ring (bicyclic) bond motifs is 1. The normalized spacial score (nSPS) is 13.3. The van der Waals surface area contributed by atoms with Crippen molar-refractivity contribution in [2.75, 3.05) is 11.4 Å². The van der Waals surface area contributed by atoms with Crippen LogP contribution in [0.4, 0.5) is 5.82 Å². The van der Waals surface area contributed by atoms with Crippen molar-refractivity contribution in [2.45, 2.75) is 33.4 Å². The quantitative estimate of drug-likeness (QED) is 0.730. The van der Waals surface area contributed by atoms with Gasteiger partial charge in [-0.05, 0) is 25.0 Å². The summed E-state index contributed by atoms with van der Waals surface area (Å²) in [7, 11) is 0. The molecule has 6 heteroatoms. The molecule has 29 heavy (non-hydrogen) atoms. The molecule has 1 aromatic heterocycles. The number of hydrogen-bond acceptors (Lipinski definition) is 3. The maximum absolute atomic E-state index is 12.5. The second-order valence-electron chi connectivity index (χ2n) is 7.42. The topological polar surface area (TPSA) is 67.2 Å². The maximum Gasteiger partial charge on any atom is 0.240 e. The highest BCUT2D eigenvalue weighted by Crippen LogP contribution is 2.29. The van der Waals surface area contributed by atoms with E-state index in [1.165, 1.54) is 10.5 Å². The first-order valence-corrected chi connectivity index (χ1v) is 9.78. The molecular formula is C23H24N4O2. The molecule has 3 aromatic rings. The standard InChI is InChI=1S/C23H24N4O2/c1-16-7-9-18(10-8-16)14-24-21(28)15-26-22-13-20(19-6-4-3-5-17(19)2)25-27(22)12-11-23(26)29/h3-10,13H,11-12,14-15H2,1-2H3,(H,24,28). The molecule has 2 aromatic carbocycles. The van der Waals surface area contributed by atoms with Crippen LogP contribution in [0.5, 0.6) is 0 Å². The SMILES string of the molecule is Cc1ccc(CNC(=O)CN2C(=O)CCn3nc(-c4ccccc4C)cc32)cc1. The van der Waals surface area contributed by atoms with Gasteiger partial charge in [-0.3, -0.25) is 14.5 Å². The largest absolute Gasteiger partial charge is 0.350 e. The highest BCUT2D eigenvalue weighted by Gasteiger charge is 2.28. The lowest BCUT2D eigenvalue weighted by Crippen LogP contribution is -2.44. The van der Waals surface area contributed by atoms with Gasteiger partial charge < -0.3 is 5.32 Å². The van der Waals surface area contributed by atoms with Crippen LogP contribution in [0.2, 0.25) is 0 Å². The second kappa shape index (κ2) is 7.91. The molecule has 0 fully saturated rings. The molecule has 0 radical (unpaired) electrons. The third-order valence-corrected chi connectivity index (χ3v) is 5.21. The van der Waals surface area contributed by atoms with Crippen molar-refractivity contribution in [2.24, 2.45) is 0 Å². The number of amides is 2. The van der Waals surface area contributed by atoms with Crippen molar-refractivity contribution in [3.8, 4) is 11.3 Å². The lowest BCUT2D eigenvalue weighted by Gasteiger charge is -2.26. The molecule has 1 aliphatic heterocycles. The predicted molar refractivity (Wildman–Crippen MR) is 112 cm³/mol. The number of nitrogens with one attached hydrogen (secondary N) is 1. The Bertz CT molecular complexity index is 1050. The van der Waals surface area contributed by atoms with Crippen molar-refractivity contribution in [3.63, 3.8) is 0 Å². The van der Waals surface area contributed by atoms with Crippen LogP contribution in [0.1, 0.15) is 23.1 Å². The lowest BCUT2D eigenvalue weighted by molar-refractivity contribution is -0.124. The van der Waals surface area contributed by atoms with Crippen molar-refractivity contribution >= 4 is 17.6 Å². The van der Waals surface area contributed by atoms with E-state index >= 15 is 0 Å². The van der Waals surface area contributed by atoms with Crippen LogP contribution in [0, 0.1) is 13.8 Å². The van der Waals surface area contributed by atoms with Crippen LogP contribution in [0.3, 0.4) is 0 Å². The highest BCUT2D eigenvalue weighted by molar-refractivity contribution is 5.99. The molecule has 0 saturated carbocycles. The van der Waals surface area contributed by atoms with Crippen LogP contribution in [0.25, 0.3) is 11.3 Å². The Balaban J connectivity index is 1.50. The summed E-state index contributed by atoms with van der Waals surface area (Å²) in [5, 5.41) is 7.57. The van der Waals surface area contributed by atoms with Crippen molar-refractivity contribution in [1.29, 1.82) is 0 Å². The predicted octanol–water partition coefficient (Wildman–Crippen LogP) is 3.22. The van der Waals surface area contributed by atoms with E-state index in [-0.39, 0.29) is 18.4 Å². The van der Waals surface area contributed by atoms with E-state index in [0.717, 1.165) is 22.4 Å². The molecule has 2 amide bonds. The molecule has 1 aliphatic rings. The Kier molecular flexibility index (Phi) is 5.16. The van der Waals surface area contributed by atoms with Crippen molar-refractivity contribution in [1.82, 2.24) is 15.1 Å². The summed E-state index contributed by atoms with van der Waals surface area (Å²) < 4.78 is 1.82. The van der Waals surface area contributed by atoms with E-state index in [0.29, 0.717) is 25.3 Å². The number of anilines is 1. The average molecular weight is 388 g/mol. The fourth-order valence-corrected chi connectivity index (χ4v) is 3.52. The van der Waals surface area contributed by atoms with Gasteiger partial charge in [-0.25, -0.2) is 4.68 Å². The van der Waals surface area contributed by atoms with E-state index in [2.05, 4.69) is 10.4 Å². The Morgan fingerprint density at radius 3 is 2.62 bits per heavy atom. The van der Waals surface area contributed by atoms with Gasteiger partial charge in [-0.1, -0.05) is 54.1 Å². The molecule has 0 atom stereocenters. The summed E-state index contributed by atoms with van der Waals surface area (Å²) in [6.45, 7) is 5.02. The molecule has 6 nitrogen and oxygen atoms in total. The molecule has 148 valence electrons. The zero-order chi connectivity index (χ0) is 20.4. The Morgan fingerprint density at radius 1 is 1.10 bits per heavy atom. The minimum atomic E-state index is -0.189. The number of aryl methyl sites for hydroxylation is 3. The molecular weight excluding hydrogens is 364 g/mol. The summed E-state index contributed by atoms with van der Waals surface area (Å²) >= 11 is 0. The van der Waals surface area contributed by atoms with Gasteiger partial charge in [0.25, 0.3) is 0 Å². The first-order valence-electron chi connectivity index (χ1n) is 9.78. The minimum absolute atomic E-state index is 0.0103. The Hall–Kier alpha value is -3.41. The zero-order valence-electron chi connectivity index (χ0n) is 16.7. The van der Waals surface area contributed by atoms with E-state index in [9.17, 15) is 9.59 Å². The first-order chi connectivity index (χ1) is 14.0. The van der Waals surface area contributed by atoms with E-state index < -0.39 is 0 Å². The van der Waals surface area contributed by atoms with Crippen LogP contribution in [-0.4, -0.2) is 28.1 Å². The monoisotopic (exact) mass is 388 g/mol. The van der Waals surface area contributed by atoms with Crippen LogP contribution < -0.4 is 10.2 Å². The number of hydrogen-bond donors (Lipinski definition) is 1. The number of carbonyl (C=O) groups is 2. The molecule has 1 N–H and O–H groups in total. The maximum atomic E-state index is 12.5. The van der Waals surface area contributed by atoms with Gasteiger partial charge in [0.2, 0.25) is 11.8 Å². The highest BCUT2D eigenvalue weighted by atomic mass is 16.2. The van der Waals surface area contributed by atoms with Gasteiger partial charge in [0.15, 0.2) is 0 Å². The van der Waals surface area contributed by atoms with Crippen LogP contribution >= 0.6 is 0 Å². The lowest BCUT2D eigenvalue weighted by atomic mass is 10.1. The zero-order valence-corrected chi connectivity index (χ0v) is 16.7. The number of benzene rings is 2. The Morgan fingerprint density at radius 2 is 1.86 bits per heavy atom. The Labute approximate surface area is 170 Å². The van der Waals surface area contributed by atoms with Gasteiger partial charge in [0, 0.05) is 24.6 Å². The van der Waals surface area contributed by atoms with Gasteiger partial charge in [0.1, 0.15) is 12.4 Å². The fourth-order valence-electron chi connectivity index (χ4n) is 3.52. The van der Waals surface area contributed by atoms with Crippen molar-refractivity contribution < 1.29 is 9.59 Å². The third kappa shape index (κ3) is 4.06. The van der Waals surface area contributed by atoms with E-state index in [4.69, 9.17) is 0 Å². The number of rotatable bonds is 5. The van der Waals surface area contributed by atoms with Crippen molar-refractivity contribution in [3.05, 3.63) is 71.3 Å². The molecule has 2 heterocycles. The molecule has 0 aliphatic carbocycles. The number of aromatic nitrogens is 2. The average Bonchev–Trinajstić information content (AvgIpc) is 3.14. The van der Waals surface area contributed by atoms with Crippen LogP contribution in [0.15, 0.2) is 54.6 Å². The molecule has 0 bridgehead atoms. The molecule has 0 saturated heterocycles. The minimum Gasteiger partial charge on any atom is -0.350 e. The smallest absolute Gasteiger partial charge is 0.240 e. The third-order valence-electron chi connectivity index (χ3n) is 5.21. The summed E-state index contributed by atoms with van der Waals surface area (Å²) in [6, 6.07) is 17.9. The number of carbonyl (C=O) groups excluding carboxylic acids is 2. The summed E-state index contributed by atoms with van der Waals surface area (Å²) in [6.07, 6.45) is 0.340. The number of nitrogens with zero attached hydrogens (tertiary/aromatic N) is 3. The summed E-state index contributed by atoms with van der Waals surface area (Å²) in [5.74, 6) is 0.426. The second-order valence-corrected chi connectivity index (χ2v) is 7.42. The summed E-state index contributed by atoms with van der Waals surface area (Å²) in [4.78, 5) is 26.6. The van der Waals surface area contributed by atoms with E-state index in [1.54, 1.807) is 0 Å². The van der Waals surface area contributed by atoms with Gasteiger partial charge in [-0.15, -0.1) is 0 Å². The van der Waals surface area contributed by atoms with Crippen LogP contribution in [-0.2, 0) is 22.7 Å². The molecule has 0 unspecified atom stereocenters. The molecule has 4 rings (SSSR count). The first kappa shape index (κ1) is 18.9. The van der Waals surface area contributed by atoms with Gasteiger partial charge in [0.05, 0.1) is 12.2 Å². The van der Waals surface area contributed by atoms with Gasteiger partial charge >= 0.3 is 0 Å². The van der Waals surface area contributed by atoms with Gasteiger partial charge in [-0.2, -0.15) is 5.10 Å².